The molecule has 1 N–H and O–H groups in total. The highest BCUT2D eigenvalue weighted by atomic mass is 32.2. The molecule has 2 aromatic rings. The largest absolute Gasteiger partial charge is 0.424 e. The first-order chi connectivity index (χ1) is 9.90. The standard InChI is InChI=1S/C14H17N3O3S/c1-10-11(8-15-2)9-16-14(17-10)20-12-5-4-6-13(7-12)21(3,18)19/h4-7,9,15H,8H2,1-3H3. The van der Waals surface area contributed by atoms with Gasteiger partial charge in [0.15, 0.2) is 9.84 Å². The number of benzene rings is 1. The molecule has 0 bridgehead atoms. The maximum atomic E-state index is 11.5. The van der Waals surface area contributed by atoms with Gasteiger partial charge in [-0.15, -0.1) is 0 Å². The minimum Gasteiger partial charge on any atom is -0.424 e. The van der Waals surface area contributed by atoms with Gasteiger partial charge >= 0.3 is 6.01 Å². The highest BCUT2D eigenvalue weighted by Gasteiger charge is 2.10. The topological polar surface area (TPSA) is 81.2 Å². The van der Waals surface area contributed by atoms with Crippen molar-refractivity contribution in [3.8, 4) is 11.8 Å². The summed E-state index contributed by atoms with van der Waals surface area (Å²) in [5.74, 6) is 0.388. The monoisotopic (exact) mass is 307 g/mol. The predicted octanol–water partition coefficient (Wildman–Crippen LogP) is 1.70. The lowest BCUT2D eigenvalue weighted by molar-refractivity contribution is 0.437. The van der Waals surface area contributed by atoms with Crippen LogP contribution in [-0.4, -0.2) is 31.7 Å². The summed E-state index contributed by atoms with van der Waals surface area (Å²) >= 11 is 0. The lowest BCUT2D eigenvalue weighted by atomic mass is 10.2. The summed E-state index contributed by atoms with van der Waals surface area (Å²) in [6, 6.07) is 6.45. The molecule has 0 aliphatic heterocycles. The SMILES string of the molecule is CNCc1cnc(Oc2cccc(S(C)(=O)=O)c2)nc1C. The van der Waals surface area contributed by atoms with Gasteiger partial charge in [0.05, 0.1) is 4.90 Å². The van der Waals surface area contributed by atoms with Crippen molar-refractivity contribution in [3.05, 3.63) is 41.7 Å². The fourth-order valence-electron chi connectivity index (χ4n) is 1.76. The van der Waals surface area contributed by atoms with Gasteiger partial charge in [-0.25, -0.2) is 13.4 Å². The molecular weight excluding hydrogens is 290 g/mol. The summed E-state index contributed by atoms with van der Waals surface area (Å²) in [6.45, 7) is 2.55. The third-order valence-corrected chi connectivity index (χ3v) is 3.98. The number of rotatable bonds is 5. The van der Waals surface area contributed by atoms with Gasteiger partial charge in [0.2, 0.25) is 0 Å². The Labute approximate surface area is 124 Å². The molecule has 7 heteroatoms. The molecule has 0 saturated carbocycles. The second kappa shape index (κ2) is 6.19. The lowest BCUT2D eigenvalue weighted by Crippen LogP contribution is -2.08. The highest BCUT2D eigenvalue weighted by Crippen LogP contribution is 2.22. The first kappa shape index (κ1) is 15.4. The molecule has 0 amide bonds. The van der Waals surface area contributed by atoms with Crippen LogP contribution in [-0.2, 0) is 16.4 Å². The van der Waals surface area contributed by atoms with Gasteiger partial charge in [-0.2, -0.15) is 4.98 Å². The molecule has 0 atom stereocenters. The van der Waals surface area contributed by atoms with E-state index in [0.717, 1.165) is 17.5 Å². The van der Waals surface area contributed by atoms with Crippen molar-refractivity contribution < 1.29 is 13.2 Å². The molecule has 21 heavy (non-hydrogen) atoms. The van der Waals surface area contributed by atoms with Crippen LogP contribution in [0.2, 0.25) is 0 Å². The van der Waals surface area contributed by atoms with Gasteiger partial charge in [0.1, 0.15) is 5.75 Å². The second-order valence-electron chi connectivity index (χ2n) is 4.64. The third kappa shape index (κ3) is 3.99. The Morgan fingerprint density at radius 3 is 2.71 bits per heavy atom. The zero-order chi connectivity index (χ0) is 15.5. The number of sulfone groups is 1. The van der Waals surface area contributed by atoms with E-state index in [-0.39, 0.29) is 10.9 Å². The number of ether oxygens (including phenoxy) is 1. The average molecular weight is 307 g/mol. The number of hydrogen-bond acceptors (Lipinski definition) is 6. The predicted molar refractivity (Wildman–Crippen MR) is 79.2 cm³/mol. The lowest BCUT2D eigenvalue weighted by Gasteiger charge is -2.08. The summed E-state index contributed by atoms with van der Waals surface area (Å²) in [6.07, 6.45) is 2.84. The van der Waals surface area contributed by atoms with E-state index in [1.165, 1.54) is 12.1 Å². The van der Waals surface area contributed by atoms with Gasteiger partial charge < -0.3 is 10.1 Å². The van der Waals surface area contributed by atoms with E-state index in [4.69, 9.17) is 4.74 Å². The minimum atomic E-state index is -3.27. The summed E-state index contributed by atoms with van der Waals surface area (Å²) in [4.78, 5) is 8.58. The molecule has 112 valence electrons. The number of nitrogens with one attached hydrogen (secondary N) is 1. The molecular formula is C14H17N3O3S. The average Bonchev–Trinajstić information content (AvgIpc) is 2.41. The first-order valence-corrected chi connectivity index (χ1v) is 8.24. The van der Waals surface area contributed by atoms with Gasteiger partial charge in [0.25, 0.3) is 0 Å². The molecule has 2 rings (SSSR count). The Morgan fingerprint density at radius 1 is 1.33 bits per heavy atom. The van der Waals surface area contributed by atoms with E-state index in [0.29, 0.717) is 12.3 Å². The fraction of sp³-hybridized carbons (Fsp3) is 0.286. The number of aryl methyl sites for hydroxylation is 1. The maximum Gasteiger partial charge on any atom is 0.322 e. The molecule has 0 aliphatic rings. The summed E-state index contributed by atoms with van der Waals surface area (Å²) in [5, 5.41) is 3.03. The van der Waals surface area contributed by atoms with Gasteiger partial charge in [-0.05, 0) is 32.2 Å². The van der Waals surface area contributed by atoms with Crippen LogP contribution < -0.4 is 10.1 Å². The van der Waals surface area contributed by atoms with Crippen LogP contribution in [0.1, 0.15) is 11.3 Å². The Bertz CT molecular complexity index is 745. The summed E-state index contributed by atoms with van der Waals surface area (Å²) < 4.78 is 28.5. The van der Waals surface area contributed by atoms with E-state index in [9.17, 15) is 8.42 Å². The van der Waals surface area contributed by atoms with Crippen LogP contribution in [0.15, 0.2) is 35.4 Å². The number of hydrogen-bond donors (Lipinski definition) is 1. The molecule has 0 radical (unpaired) electrons. The Kier molecular flexibility index (Phi) is 4.54. The molecule has 6 nitrogen and oxygen atoms in total. The molecule has 1 aromatic carbocycles. The molecule has 1 aromatic heterocycles. The first-order valence-electron chi connectivity index (χ1n) is 6.35. The van der Waals surface area contributed by atoms with Crippen LogP contribution in [0.25, 0.3) is 0 Å². The second-order valence-corrected chi connectivity index (χ2v) is 6.66. The Morgan fingerprint density at radius 2 is 2.10 bits per heavy atom. The Hall–Kier alpha value is -1.99. The van der Waals surface area contributed by atoms with Crippen molar-refractivity contribution in [2.45, 2.75) is 18.4 Å². The quantitative estimate of drug-likeness (QED) is 0.905. The highest BCUT2D eigenvalue weighted by molar-refractivity contribution is 7.90. The molecule has 0 unspecified atom stereocenters. The van der Waals surface area contributed by atoms with Gasteiger partial charge in [-0.1, -0.05) is 6.07 Å². The van der Waals surface area contributed by atoms with Gasteiger partial charge in [0, 0.05) is 30.3 Å². The van der Waals surface area contributed by atoms with Crippen molar-refractivity contribution in [2.24, 2.45) is 0 Å². The van der Waals surface area contributed by atoms with Gasteiger partial charge in [-0.3, -0.25) is 0 Å². The van der Waals surface area contributed by atoms with E-state index >= 15 is 0 Å². The third-order valence-electron chi connectivity index (χ3n) is 2.87. The molecule has 0 aliphatic carbocycles. The minimum absolute atomic E-state index is 0.193. The molecule has 0 spiro atoms. The van der Waals surface area contributed by atoms with Crippen LogP contribution >= 0.6 is 0 Å². The molecule has 0 fully saturated rings. The van der Waals surface area contributed by atoms with Crippen molar-refractivity contribution in [3.63, 3.8) is 0 Å². The van der Waals surface area contributed by atoms with Crippen LogP contribution in [0.5, 0.6) is 11.8 Å². The normalized spacial score (nSPS) is 11.4. The van der Waals surface area contributed by atoms with Crippen LogP contribution in [0.3, 0.4) is 0 Å². The summed E-state index contributed by atoms with van der Waals surface area (Å²) in [5.41, 5.74) is 1.79. The molecule has 0 saturated heterocycles. The van der Waals surface area contributed by atoms with Crippen molar-refractivity contribution in [1.82, 2.24) is 15.3 Å². The van der Waals surface area contributed by atoms with E-state index in [1.54, 1.807) is 18.3 Å². The summed E-state index contributed by atoms with van der Waals surface area (Å²) in [7, 11) is -1.42. The fourth-order valence-corrected chi connectivity index (χ4v) is 2.41. The smallest absolute Gasteiger partial charge is 0.322 e. The van der Waals surface area contributed by atoms with Crippen molar-refractivity contribution >= 4 is 9.84 Å². The van der Waals surface area contributed by atoms with E-state index < -0.39 is 9.84 Å². The van der Waals surface area contributed by atoms with E-state index in [1.807, 2.05) is 14.0 Å². The van der Waals surface area contributed by atoms with Crippen molar-refractivity contribution in [2.75, 3.05) is 13.3 Å². The zero-order valence-electron chi connectivity index (χ0n) is 12.1. The number of aromatic nitrogens is 2. The molecule has 1 heterocycles. The maximum absolute atomic E-state index is 11.5. The Balaban J connectivity index is 2.24. The van der Waals surface area contributed by atoms with Crippen LogP contribution in [0.4, 0.5) is 0 Å². The van der Waals surface area contributed by atoms with Crippen LogP contribution in [0, 0.1) is 6.92 Å². The zero-order valence-corrected chi connectivity index (χ0v) is 12.9. The van der Waals surface area contributed by atoms with Crippen molar-refractivity contribution in [1.29, 1.82) is 0 Å². The number of nitrogens with zero attached hydrogens (tertiary/aromatic N) is 2. The van der Waals surface area contributed by atoms with E-state index in [2.05, 4.69) is 15.3 Å².